The maximum absolute atomic E-state index is 11.9. The molecule has 3 rings (SSSR count). The van der Waals surface area contributed by atoms with E-state index < -0.39 is 0 Å². The van der Waals surface area contributed by atoms with Gasteiger partial charge in [0.2, 0.25) is 5.43 Å². The lowest BCUT2D eigenvalue weighted by Gasteiger charge is -2.03. The van der Waals surface area contributed by atoms with Crippen LogP contribution in [-0.4, -0.2) is 0 Å². The molecule has 0 unspecified atom stereocenters. The van der Waals surface area contributed by atoms with E-state index in [-0.39, 0.29) is 5.43 Å². The maximum Gasteiger partial charge on any atom is 0.206 e. The smallest absolute Gasteiger partial charge is 0.206 e. The van der Waals surface area contributed by atoms with E-state index in [0.29, 0.717) is 15.4 Å². The van der Waals surface area contributed by atoms with Crippen molar-refractivity contribution >= 4 is 26.9 Å². The summed E-state index contributed by atoms with van der Waals surface area (Å²) in [6.45, 7) is 0. The van der Waals surface area contributed by atoms with Gasteiger partial charge >= 0.3 is 0 Å². The van der Waals surface area contributed by atoms with Crippen LogP contribution in [-0.2, 0) is 0 Å². The quantitative estimate of drug-likeness (QED) is 0.673. The second kappa shape index (κ2) is 4.42. The lowest BCUT2D eigenvalue weighted by atomic mass is 10.0. The molecule has 0 spiro atoms. The molecule has 0 saturated heterocycles. The Bertz CT molecular complexity index is 760. The second-order valence-electron chi connectivity index (χ2n) is 3.99. The van der Waals surface area contributed by atoms with Crippen molar-refractivity contribution in [3.05, 3.63) is 69.5 Å². The van der Waals surface area contributed by atoms with Crippen molar-refractivity contribution in [2.75, 3.05) is 0 Å². The zero-order valence-corrected chi connectivity index (χ0v) is 11.0. The molecule has 0 amide bonds. The van der Waals surface area contributed by atoms with E-state index in [1.807, 2.05) is 42.5 Å². The molecule has 0 aliphatic heterocycles. The summed E-state index contributed by atoms with van der Waals surface area (Å²) in [7, 11) is 0. The molecule has 3 heteroatoms. The highest BCUT2D eigenvalue weighted by Crippen LogP contribution is 2.23. The number of hydrogen-bond donors (Lipinski definition) is 0. The highest BCUT2D eigenvalue weighted by Gasteiger charge is 2.06. The van der Waals surface area contributed by atoms with Gasteiger partial charge in [-0.3, -0.25) is 4.79 Å². The van der Waals surface area contributed by atoms with Crippen molar-refractivity contribution in [3.63, 3.8) is 0 Å². The van der Waals surface area contributed by atoms with Crippen molar-refractivity contribution < 1.29 is 4.42 Å². The predicted octanol–water partition coefficient (Wildman–Crippen LogP) is 4.22. The number of fused-ring (bicyclic) bond motifs is 1. The average molecular weight is 301 g/mol. The van der Waals surface area contributed by atoms with E-state index in [1.54, 1.807) is 6.07 Å². The second-order valence-corrected chi connectivity index (χ2v) is 4.84. The van der Waals surface area contributed by atoms with Crippen LogP contribution in [0.25, 0.3) is 22.1 Å². The zero-order chi connectivity index (χ0) is 12.5. The summed E-state index contributed by atoms with van der Waals surface area (Å²) in [5.74, 6) is 0. The fourth-order valence-corrected chi connectivity index (χ4v) is 2.22. The Morgan fingerprint density at radius 2 is 1.72 bits per heavy atom. The van der Waals surface area contributed by atoms with Crippen LogP contribution in [0.1, 0.15) is 0 Å². The van der Waals surface area contributed by atoms with E-state index in [0.717, 1.165) is 11.1 Å². The van der Waals surface area contributed by atoms with Gasteiger partial charge in [-0.2, -0.15) is 0 Å². The minimum Gasteiger partial charge on any atom is -0.463 e. The summed E-state index contributed by atoms with van der Waals surface area (Å²) in [6, 6.07) is 15.6. The average Bonchev–Trinajstić information content (AvgIpc) is 2.44. The monoisotopic (exact) mass is 300 g/mol. The van der Waals surface area contributed by atoms with E-state index in [9.17, 15) is 4.79 Å². The summed E-state index contributed by atoms with van der Waals surface area (Å²) in [5, 5.41) is 0.587. The Balaban J connectivity index is 2.25. The molecule has 0 aliphatic carbocycles. The van der Waals surface area contributed by atoms with Gasteiger partial charge in [0.15, 0.2) is 0 Å². The van der Waals surface area contributed by atoms with Crippen LogP contribution in [0.4, 0.5) is 0 Å². The Labute approximate surface area is 112 Å². The predicted molar refractivity (Wildman–Crippen MR) is 75.6 cm³/mol. The summed E-state index contributed by atoms with van der Waals surface area (Å²) < 4.78 is 5.89. The summed E-state index contributed by atoms with van der Waals surface area (Å²) in [5.41, 5.74) is 2.69. The molecule has 18 heavy (non-hydrogen) atoms. The maximum atomic E-state index is 11.9. The molecule has 3 aromatic rings. The largest absolute Gasteiger partial charge is 0.463 e. The molecule has 1 aromatic heterocycles. The summed E-state index contributed by atoms with van der Waals surface area (Å²) in [6.07, 6.45) is 1.43. The highest BCUT2D eigenvalue weighted by atomic mass is 79.9. The summed E-state index contributed by atoms with van der Waals surface area (Å²) >= 11 is 3.17. The topological polar surface area (TPSA) is 30.2 Å². The van der Waals surface area contributed by atoms with Crippen LogP contribution in [0.15, 0.2) is 68.5 Å². The van der Waals surface area contributed by atoms with Crippen LogP contribution in [0.5, 0.6) is 0 Å². The highest BCUT2D eigenvalue weighted by molar-refractivity contribution is 9.10. The van der Waals surface area contributed by atoms with Gasteiger partial charge in [0.25, 0.3) is 0 Å². The van der Waals surface area contributed by atoms with E-state index in [2.05, 4.69) is 15.9 Å². The number of rotatable bonds is 1. The molecular formula is C15H9BrO2. The Morgan fingerprint density at radius 1 is 0.944 bits per heavy atom. The Hall–Kier alpha value is -1.87. The third-order valence-corrected chi connectivity index (χ3v) is 3.39. The molecule has 0 N–H and O–H groups in total. The van der Waals surface area contributed by atoms with Crippen LogP contribution in [0.3, 0.4) is 0 Å². The van der Waals surface area contributed by atoms with Gasteiger partial charge in [-0.1, -0.05) is 36.4 Å². The normalized spacial score (nSPS) is 10.7. The van der Waals surface area contributed by atoms with E-state index in [1.165, 1.54) is 6.26 Å². The van der Waals surface area contributed by atoms with Gasteiger partial charge in [-0.05, 0) is 39.2 Å². The minimum absolute atomic E-state index is 0.0455. The Morgan fingerprint density at radius 3 is 2.50 bits per heavy atom. The zero-order valence-electron chi connectivity index (χ0n) is 9.39. The van der Waals surface area contributed by atoms with Crippen LogP contribution in [0, 0.1) is 0 Å². The lowest BCUT2D eigenvalue weighted by Crippen LogP contribution is -2.01. The Kier molecular flexibility index (Phi) is 2.76. The molecule has 2 aromatic carbocycles. The van der Waals surface area contributed by atoms with Gasteiger partial charge in [0.1, 0.15) is 16.3 Å². The van der Waals surface area contributed by atoms with E-state index in [4.69, 9.17) is 4.42 Å². The molecule has 0 fully saturated rings. The molecule has 88 valence electrons. The molecular weight excluding hydrogens is 292 g/mol. The van der Waals surface area contributed by atoms with Gasteiger partial charge in [-0.15, -0.1) is 0 Å². The van der Waals surface area contributed by atoms with Gasteiger partial charge in [0, 0.05) is 0 Å². The first-order valence-corrected chi connectivity index (χ1v) is 6.31. The van der Waals surface area contributed by atoms with Crippen molar-refractivity contribution in [3.8, 4) is 11.1 Å². The fourth-order valence-electron chi connectivity index (χ4n) is 1.91. The van der Waals surface area contributed by atoms with Gasteiger partial charge in [0.05, 0.1) is 5.39 Å². The van der Waals surface area contributed by atoms with Crippen LogP contribution < -0.4 is 5.43 Å². The van der Waals surface area contributed by atoms with Crippen molar-refractivity contribution in [1.82, 2.24) is 0 Å². The molecule has 0 saturated carbocycles. The molecule has 0 radical (unpaired) electrons. The van der Waals surface area contributed by atoms with E-state index >= 15 is 0 Å². The van der Waals surface area contributed by atoms with Crippen LogP contribution in [0.2, 0.25) is 0 Å². The van der Waals surface area contributed by atoms with Crippen molar-refractivity contribution in [2.24, 2.45) is 0 Å². The summed E-state index contributed by atoms with van der Waals surface area (Å²) in [4.78, 5) is 11.9. The third-order valence-electron chi connectivity index (χ3n) is 2.84. The molecule has 0 bridgehead atoms. The first kappa shape index (κ1) is 11.2. The van der Waals surface area contributed by atoms with Gasteiger partial charge < -0.3 is 4.42 Å². The lowest BCUT2D eigenvalue weighted by molar-refractivity contribution is 0.599. The number of hydrogen-bond acceptors (Lipinski definition) is 2. The van der Waals surface area contributed by atoms with Crippen LogP contribution >= 0.6 is 15.9 Å². The fraction of sp³-hybridized carbons (Fsp3) is 0. The molecule has 2 nitrogen and oxygen atoms in total. The van der Waals surface area contributed by atoms with Crippen molar-refractivity contribution in [2.45, 2.75) is 0 Å². The van der Waals surface area contributed by atoms with Gasteiger partial charge in [-0.25, -0.2) is 0 Å². The molecule has 0 aliphatic rings. The SMILES string of the molecule is O=c1c(Br)coc2cc(-c3ccccc3)ccc12. The first-order chi connectivity index (χ1) is 8.75. The third kappa shape index (κ3) is 1.87. The molecule has 0 atom stereocenters. The number of benzene rings is 2. The standard InChI is InChI=1S/C15H9BrO2/c16-13-9-18-14-8-11(6-7-12(14)15(13)17)10-4-2-1-3-5-10/h1-9H. The number of halogens is 1. The minimum atomic E-state index is -0.0455. The molecule has 1 heterocycles. The van der Waals surface area contributed by atoms with Crippen molar-refractivity contribution in [1.29, 1.82) is 0 Å². The first-order valence-electron chi connectivity index (χ1n) is 5.52.